The van der Waals surface area contributed by atoms with Gasteiger partial charge < -0.3 is 11.5 Å². The zero-order valence-corrected chi connectivity index (χ0v) is 8.42. The van der Waals surface area contributed by atoms with E-state index in [9.17, 15) is 0 Å². The molecule has 12 heavy (non-hydrogen) atoms. The van der Waals surface area contributed by atoms with Gasteiger partial charge in [0, 0.05) is 0 Å². The van der Waals surface area contributed by atoms with Gasteiger partial charge in [-0.05, 0) is 25.0 Å². The Labute approximate surface area is 81.4 Å². The minimum absolute atomic E-state index is 0.492. The number of rotatable bonds is 0. The fraction of sp³-hybridized carbons (Fsp3) is 0.250. The zero-order valence-electron chi connectivity index (χ0n) is 6.91. The minimum atomic E-state index is 0.492. The van der Waals surface area contributed by atoms with Crippen molar-refractivity contribution in [3.8, 4) is 0 Å². The van der Waals surface area contributed by atoms with Crippen LogP contribution in [0.5, 0.6) is 0 Å². The molecular weight excluding hydrogens is 195 g/mol. The summed E-state index contributed by atoms with van der Waals surface area (Å²) in [7, 11) is 0. The fourth-order valence-electron chi connectivity index (χ4n) is 0.975. The van der Waals surface area contributed by atoms with Crippen molar-refractivity contribution in [2.75, 3.05) is 11.5 Å². The molecule has 0 bridgehead atoms. The molecule has 1 rings (SSSR count). The summed E-state index contributed by atoms with van der Waals surface area (Å²) in [6.45, 7) is 3.58. The second-order valence-electron chi connectivity index (χ2n) is 2.71. The van der Waals surface area contributed by atoms with Crippen LogP contribution >= 0.6 is 23.2 Å². The third-order valence-electron chi connectivity index (χ3n) is 1.94. The van der Waals surface area contributed by atoms with Gasteiger partial charge >= 0.3 is 0 Å². The molecule has 0 fully saturated rings. The molecule has 0 heterocycles. The van der Waals surface area contributed by atoms with Crippen molar-refractivity contribution >= 4 is 34.6 Å². The lowest BCUT2D eigenvalue weighted by Gasteiger charge is -2.11. The molecule has 4 heteroatoms. The van der Waals surface area contributed by atoms with Crippen LogP contribution in [0.4, 0.5) is 11.4 Å². The molecule has 0 saturated carbocycles. The summed E-state index contributed by atoms with van der Waals surface area (Å²) in [5.74, 6) is 0. The van der Waals surface area contributed by atoms with Crippen molar-refractivity contribution in [3.05, 3.63) is 21.2 Å². The van der Waals surface area contributed by atoms with Crippen LogP contribution < -0.4 is 11.5 Å². The van der Waals surface area contributed by atoms with E-state index in [1.807, 2.05) is 0 Å². The molecule has 0 atom stereocenters. The summed E-state index contributed by atoms with van der Waals surface area (Å²) in [4.78, 5) is 0. The van der Waals surface area contributed by atoms with E-state index in [4.69, 9.17) is 34.7 Å². The standard InChI is InChI=1S/C8H10Cl2N2/c1-3-5(9)7(11)4(2)8(12)6(3)10/h11-12H2,1-2H3. The van der Waals surface area contributed by atoms with Crippen LogP contribution in [0.2, 0.25) is 10.0 Å². The molecule has 0 saturated heterocycles. The quantitative estimate of drug-likeness (QED) is 0.639. The smallest absolute Gasteiger partial charge is 0.0683 e. The van der Waals surface area contributed by atoms with Crippen molar-refractivity contribution in [1.82, 2.24) is 0 Å². The van der Waals surface area contributed by atoms with E-state index in [0.29, 0.717) is 21.4 Å². The second kappa shape index (κ2) is 3.04. The van der Waals surface area contributed by atoms with Gasteiger partial charge in [0.05, 0.1) is 21.4 Å². The highest BCUT2D eigenvalue weighted by atomic mass is 35.5. The van der Waals surface area contributed by atoms with Gasteiger partial charge in [-0.1, -0.05) is 23.2 Å². The number of benzene rings is 1. The summed E-state index contributed by atoms with van der Waals surface area (Å²) >= 11 is 11.8. The summed E-state index contributed by atoms with van der Waals surface area (Å²) in [5, 5.41) is 0.985. The summed E-state index contributed by atoms with van der Waals surface area (Å²) in [5.41, 5.74) is 13.9. The number of hydrogen-bond donors (Lipinski definition) is 2. The van der Waals surface area contributed by atoms with E-state index in [1.165, 1.54) is 0 Å². The molecule has 4 N–H and O–H groups in total. The van der Waals surface area contributed by atoms with Crippen LogP contribution in [0.1, 0.15) is 11.1 Å². The number of anilines is 2. The van der Waals surface area contributed by atoms with E-state index in [0.717, 1.165) is 11.1 Å². The molecule has 0 aliphatic rings. The molecule has 1 aromatic rings. The molecule has 0 amide bonds. The molecule has 0 radical (unpaired) electrons. The predicted octanol–water partition coefficient (Wildman–Crippen LogP) is 2.77. The molecule has 0 aromatic heterocycles. The molecule has 1 aromatic carbocycles. The van der Waals surface area contributed by atoms with Crippen LogP contribution in [0.15, 0.2) is 0 Å². The molecule has 66 valence electrons. The van der Waals surface area contributed by atoms with E-state index in [2.05, 4.69) is 0 Å². The average molecular weight is 205 g/mol. The zero-order chi connectivity index (χ0) is 9.46. The summed E-state index contributed by atoms with van der Waals surface area (Å²) in [6, 6.07) is 0. The second-order valence-corrected chi connectivity index (χ2v) is 3.46. The minimum Gasteiger partial charge on any atom is -0.397 e. The lowest BCUT2D eigenvalue weighted by Crippen LogP contribution is -2.00. The molecule has 0 aliphatic carbocycles. The van der Waals surface area contributed by atoms with Crippen LogP contribution in [-0.2, 0) is 0 Å². The van der Waals surface area contributed by atoms with Crippen LogP contribution in [-0.4, -0.2) is 0 Å². The largest absolute Gasteiger partial charge is 0.397 e. The molecule has 0 spiro atoms. The van der Waals surface area contributed by atoms with Crippen molar-refractivity contribution in [2.24, 2.45) is 0 Å². The van der Waals surface area contributed by atoms with E-state index in [-0.39, 0.29) is 0 Å². The van der Waals surface area contributed by atoms with Gasteiger partial charge in [0.2, 0.25) is 0 Å². The maximum absolute atomic E-state index is 5.90. The first kappa shape index (κ1) is 9.49. The van der Waals surface area contributed by atoms with Gasteiger partial charge in [0.15, 0.2) is 0 Å². The van der Waals surface area contributed by atoms with Crippen molar-refractivity contribution in [3.63, 3.8) is 0 Å². The maximum Gasteiger partial charge on any atom is 0.0683 e. The highest BCUT2D eigenvalue weighted by Gasteiger charge is 2.12. The lowest BCUT2D eigenvalue weighted by atomic mass is 10.1. The number of hydrogen-bond acceptors (Lipinski definition) is 2. The van der Waals surface area contributed by atoms with Gasteiger partial charge in [0.1, 0.15) is 0 Å². The topological polar surface area (TPSA) is 52.0 Å². The van der Waals surface area contributed by atoms with Crippen LogP contribution in [0, 0.1) is 13.8 Å². The Morgan fingerprint density at radius 2 is 1.17 bits per heavy atom. The first-order valence-corrected chi connectivity index (χ1v) is 4.21. The molecule has 0 unspecified atom stereocenters. The first-order chi connectivity index (χ1) is 5.46. The Balaban J connectivity index is 3.60. The van der Waals surface area contributed by atoms with Crippen LogP contribution in [0.25, 0.3) is 0 Å². The number of nitrogen functional groups attached to an aromatic ring is 2. The highest BCUT2D eigenvalue weighted by molar-refractivity contribution is 6.39. The van der Waals surface area contributed by atoms with E-state index >= 15 is 0 Å². The van der Waals surface area contributed by atoms with Gasteiger partial charge in [-0.15, -0.1) is 0 Å². The monoisotopic (exact) mass is 204 g/mol. The van der Waals surface area contributed by atoms with Gasteiger partial charge in [-0.25, -0.2) is 0 Å². The Morgan fingerprint density at radius 1 is 0.833 bits per heavy atom. The lowest BCUT2D eigenvalue weighted by molar-refractivity contribution is 1.40. The van der Waals surface area contributed by atoms with Gasteiger partial charge in [-0.3, -0.25) is 0 Å². The Hall–Kier alpha value is -0.600. The summed E-state index contributed by atoms with van der Waals surface area (Å²) in [6.07, 6.45) is 0. The maximum atomic E-state index is 5.90. The third kappa shape index (κ3) is 1.21. The molecular formula is C8H10Cl2N2. The molecule has 0 aliphatic heterocycles. The predicted molar refractivity (Wildman–Crippen MR) is 54.8 cm³/mol. The summed E-state index contributed by atoms with van der Waals surface area (Å²) < 4.78 is 0. The van der Waals surface area contributed by atoms with Gasteiger partial charge in [0.25, 0.3) is 0 Å². The third-order valence-corrected chi connectivity index (χ3v) is 2.91. The average Bonchev–Trinajstić information content (AvgIpc) is 2.08. The van der Waals surface area contributed by atoms with Gasteiger partial charge in [-0.2, -0.15) is 0 Å². The first-order valence-electron chi connectivity index (χ1n) is 3.46. The van der Waals surface area contributed by atoms with Crippen molar-refractivity contribution in [1.29, 1.82) is 0 Å². The number of nitrogens with two attached hydrogens (primary N) is 2. The fourth-order valence-corrected chi connectivity index (χ4v) is 1.50. The van der Waals surface area contributed by atoms with Crippen molar-refractivity contribution in [2.45, 2.75) is 13.8 Å². The SMILES string of the molecule is Cc1c(N)c(Cl)c(C)c(Cl)c1N. The number of halogens is 2. The Morgan fingerprint density at radius 3 is 1.50 bits per heavy atom. The van der Waals surface area contributed by atoms with E-state index in [1.54, 1.807) is 13.8 Å². The Kier molecular flexibility index (Phi) is 2.40. The van der Waals surface area contributed by atoms with Crippen LogP contribution in [0.3, 0.4) is 0 Å². The van der Waals surface area contributed by atoms with Crippen molar-refractivity contribution < 1.29 is 0 Å². The van der Waals surface area contributed by atoms with E-state index < -0.39 is 0 Å². The highest BCUT2D eigenvalue weighted by Crippen LogP contribution is 2.37. The molecule has 2 nitrogen and oxygen atoms in total. The normalized spacial score (nSPS) is 10.3. The Bertz CT molecular complexity index is 229.